The fourth-order valence-electron chi connectivity index (χ4n) is 2.01. The standard InChI is InChI=1S/C14H10Cl2N2O/c1-7-2-11-13(6-12(7)17)19-18-14(11)8-3-9(15)5-10(16)4-8/h2-6H,17H2,1H3. The zero-order valence-electron chi connectivity index (χ0n) is 10.1. The maximum atomic E-state index is 6.01. The molecule has 3 aromatic rings. The van der Waals surface area contributed by atoms with Gasteiger partial charge in [-0.1, -0.05) is 28.4 Å². The molecule has 0 fully saturated rings. The Labute approximate surface area is 119 Å². The van der Waals surface area contributed by atoms with E-state index in [-0.39, 0.29) is 0 Å². The first-order valence-electron chi connectivity index (χ1n) is 5.66. The molecule has 2 N–H and O–H groups in total. The first kappa shape index (κ1) is 12.3. The molecule has 0 saturated heterocycles. The van der Waals surface area contributed by atoms with Gasteiger partial charge in [-0.05, 0) is 36.8 Å². The minimum Gasteiger partial charge on any atom is -0.398 e. The van der Waals surface area contributed by atoms with Gasteiger partial charge in [0.25, 0.3) is 0 Å². The molecule has 1 aromatic heterocycles. The number of nitrogens with zero attached hydrogens (tertiary/aromatic N) is 1. The van der Waals surface area contributed by atoms with E-state index in [1.165, 1.54) is 0 Å². The largest absolute Gasteiger partial charge is 0.398 e. The number of aryl methyl sites for hydroxylation is 1. The van der Waals surface area contributed by atoms with Crippen LogP contribution in [0.15, 0.2) is 34.9 Å². The summed E-state index contributed by atoms with van der Waals surface area (Å²) in [6, 6.07) is 9.00. The van der Waals surface area contributed by atoms with Crippen LogP contribution < -0.4 is 5.73 Å². The third-order valence-corrected chi connectivity index (χ3v) is 3.43. The highest BCUT2D eigenvalue weighted by Crippen LogP contribution is 2.33. The van der Waals surface area contributed by atoms with Crippen LogP contribution in [0.2, 0.25) is 10.0 Å². The third-order valence-electron chi connectivity index (χ3n) is 2.99. The van der Waals surface area contributed by atoms with Crippen molar-refractivity contribution in [2.24, 2.45) is 0 Å². The van der Waals surface area contributed by atoms with Crippen molar-refractivity contribution in [3.8, 4) is 11.3 Å². The normalized spacial score (nSPS) is 11.1. The zero-order chi connectivity index (χ0) is 13.6. The lowest BCUT2D eigenvalue weighted by Gasteiger charge is -2.01. The molecule has 96 valence electrons. The van der Waals surface area contributed by atoms with Gasteiger partial charge in [0, 0.05) is 27.4 Å². The van der Waals surface area contributed by atoms with E-state index < -0.39 is 0 Å². The molecule has 0 bridgehead atoms. The van der Waals surface area contributed by atoms with Gasteiger partial charge in [-0.15, -0.1) is 0 Å². The van der Waals surface area contributed by atoms with Gasteiger partial charge < -0.3 is 10.3 Å². The highest BCUT2D eigenvalue weighted by atomic mass is 35.5. The summed E-state index contributed by atoms with van der Waals surface area (Å²) < 4.78 is 5.30. The predicted molar refractivity (Wildman–Crippen MR) is 78.6 cm³/mol. The van der Waals surface area contributed by atoms with Crippen LogP contribution in [0.3, 0.4) is 0 Å². The number of benzene rings is 2. The van der Waals surface area contributed by atoms with Crippen molar-refractivity contribution in [3.05, 3.63) is 45.9 Å². The van der Waals surface area contributed by atoms with Crippen molar-refractivity contribution in [3.63, 3.8) is 0 Å². The molecular formula is C14H10Cl2N2O. The minimum absolute atomic E-state index is 0.561. The smallest absolute Gasteiger partial charge is 0.169 e. The van der Waals surface area contributed by atoms with E-state index >= 15 is 0 Å². The van der Waals surface area contributed by atoms with E-state index in [1.807, 2.05) is 13.0 Å². The highest BCUT2D eigenvalue weighted by Gasteiger charge is 2.13. The molecule has 0 radical (unpaired) electrons. The van der Waals surface area contributed by atoms with E-state index in [4.69, 9.17) is 33.5 Å². The van der Waals surface area contributed by atoms with E-state index in [0.29, 0.717) is 27.0 Å². The molecular weight excluding hydrogens is 283 g/mol. The molecule has 0 atom stereocenters. The van der Waals surface area contributed by atoms with Crippen LogP contribution in [0.4, 0.5) is 5.69 Å². The van der Waals surface area contributed by atoms with Crippen LogP contribution in [-0.4, -0.2) is 5.16 Å². The molecule has 19 heavy (non-hydrogen) atoms. The first-order valence-corrected chi connectivity index (χ1v) is 6.42. The summed E-state index contributed by atoms with van der Waals surface area (Å²) >= 11 is 12.0. The Morgan fingerprint density at radius 1 is 1.05 bits per heavy atom. The molecule has 0 aliphatic carbocycles. The molecule has 3 rings (SSSR count). The van der Waals surface area contributed by atoms with Gasteiger partial charge in [-0.2, -0.15) is 0 Å². The zero-order valence-corrected chi connectivity index (χ0v) is 11.6. The Hall–Kier alpha value is -1.71. The van der Waals surface area contributed by atoms with Gasteiger partial charge >= 0.3 is 0 Å². The Morgan fingerprint density at radius 3 is 2.42 bits per heavy atom. The predicted octanol–water partition coefficient (Wildman–Crippen LogP) is 4.69. The van der Waals surface area contributed by atoms with Gasteiger partial charge in [0.1, 0.15) is 5.69 Å². The second kappa shape index (κ2) is 4.44. The summed E-state index contributed by atoms with van der Waals surface area (Å²) in [4.78, 5) is 0. The average Bonchev–Trinajstić information content (AvgIpc) is 2.71. The van der Waals surface area contributed by atoms with Crippen molar-refractivity contribution in [2.75, 3.05) is 5.73 Å². The van der Waals surface area contributed by atoms with Crippen molar-refractivity contribution in [2.45, 2.75) is 6.92 Å². The SMILES string of the molecule is Cc1cc2c(-c3cc(Cl)cc(Cl)c3)noc2cc1N. The second-order valence-corrected chi connectivity index (χ2v) is 5.27. The van der Waals surface area contributed by atoms with Crippen LogP contribution in [0.1, 0.15) is 5.56 Å². The summed E-state index contributed by atoms with van der Waals surface area (Å²) in [6.45, 7) is 1.94. The number of halogens is 2. The molecule has 5 heteroatoms. The lowest BCUT2D eigenvalue weighted by Crippen LogP contribution is -1.88. The van der Waals surface area contributed by atoms with E-state index in [9.17, 15) is 0 Å². The Morgan fingerprint density at radius 2 is 1.74 bits per heavy atom. The maximum Gasteiger partial charge on any atom is 0.169 e. The van der Waals surface area contributed by atoms with Gasteiger partial charge in [-0.25, -0.2) is 0 Å². The molecule has 0 spiro atoms. The maximum absolute atomic E-state index is 6.01. The fraction of sp³-hybridized carbons (Fsp3) is 0.0714. The van der Waals surface area contributed by atoms with Crippen molar-refractivity contribution in [1.82, 2.24) is 5.16 Å². The van der Waals surface area contributed by atoms with Crippen LogP contribution in [0.5, 0.6) is 0 Å². The van der Waals surface area contributed by atoms with E-state index in [1.54, 1.807) is 24.3 Å². The van der Waals surface area contributed by atoms with Crippen molar-refractivity contribution in [1.29, 1.82) is 0 Å². The number of hydrogen-bond acceptors (Lipinski definition) is 3. The van der Waals surface area contributed by atoms with Crippen molar-refractivity contribution < 1.29 is 4.52 Å². The van der Waals surface area contributed by atoms with E-state index in [0.717, 1.165) is 16.5 Å². The first-order chi connectivity index (χ1) is 9.04. The number of fused-ring (bicyclic) bond motifs is 1. The van der Waals surface area contributed by atoms with Gasteiger partial charge in [-0.3, -0.25) is 0 Å². The van der Waals surface area contributed by atoms with Gasteiger partial charge in [0.2, 0.25) is 0 Å². The molecule has 0 unspecified atom stereocenters. The summed E-state index contributed by atoms with van der Waals surface area (Å²) in [6.07, 6.45) is 0. The molecule has 0 aliphatic heterocycles. The third kappa shape index (κ3) is 2.15. The monoisotopic (exact) mass is 292 g/mol. The van der Waals surface area contributed by atoms with Crippen molar-refractivity contribution >= 4 is 39.9 Å². The number of anilines is 1. The second-order valence-electron chi connectivity index (χ2n) is 4.39. The molecule has 0 aliphatic rings. The van der Waals surface area contributed by atoms with Gasteiger partial charge in [0.05, 0.1) is 5.39 Å². The van der Waals surface area contributed by atoms with Crippen LogP contribution in [-0.2, 0) is 0 Å². The lowest BCUT2D eigenvalue weighted by molar-refractivity contribution is 0.459. The summed E-state index contributed by atoms with van der Waals surface area (Å²) in [7, 11) is 0. The van der Waals surface area contributed by atoms with Gasteiger partial charge in [0.15, 0.2) is 5.58 Å². The molecule has 0 saturated carbocycles. The summed E-state index contributed by atoms with van der Waals surface area (Å²) in [5.41, 5.74) is 9.69. The Bertz CT molecular complexity index is 760. The highest BCUT2D eigenvalue weighted by molar-refractivity contribution is 6.35. The molecule has 2 aromatic carbocycles. The number of nitrogen functional groups attached to an aromatic ring is 1. The number of aromatic nitrogens is 1. The number of hydrogen-bond donors (Lipinski definition) is 1. The van der Waals surface area contributed by atoms with Crippen LogP contribution >= 0.6 is 23.2 Å². The topological polar surface area (TPSA) is 52.0 Å². The van der Waals surface area contributed by atoms with E-state index in [2.05, 4.69) is 5.16 Å². The van der Waals surface area contributed by atoms with Crippen LogP contribution in [0.25, 0.3) is 22.2 Å². The Balaban J connectivity index is 2.28. The number of nitrogens with two attached hydrogens (primary N) is 1. The molecule has 3 nitrogen and oxygen atoms in total. The summed E-state index contributed by atoms with van der Waals surface area (Å²) in [5.74, 6) is 0. The average molecular weight is 293 g/mol. The number of rotatable bonds is 1. The minimum atomic E-state index is 0.561. The summed E-state index contributed by atoms with van der Waals surface area (Å²) in [5, 5.41) is 6.10. The van der Waals surface area contributed by atoms with Crippen LogP contribution in [0, 0.1) is 6.92 Å². The quantitative estimate of drug-likeness (QED) is 0.662. The lowest BCUT2D eigenvalue weighted by atomic mass is 10.1. The molecule has 0 amide bonds. The Kier molecular flexibility index (Phi) is 2.88. The molecule has 1 heterocycles. The fourth-order valence-corrected chi connectivity index (χ4v) is 2.53.